The molecule has 2 aliphatic heterocycles. The van der Waals surface area contributed by atoms with Crippen molar-refractivity contribution in [2.75, 3.05) is 37.7 Å². The first-order valence-corrected chi connectivity index (χ1v) is 10.7. The highest BCUT2D eigenvalue weighted by Gasteiger charge is 2.52. The molecule has 2 heterocycles. The van der Waals surface area contributed by atoms with Crippen LogP contribution in [-0.4, -0.2) is 54.5 Å². The Bertz CT molecular complexity index is 986. The number of benzene rings is 2. The van der Waals surface area contributed by atoms with Crippen LogP contribution in [0.3, 0.4) is 0 Å². The number of carbonyl (C=O) groups is 2. The van der Waals surface area contributed by atoms with Crippen molar-refractivity contribution in [1.29, 1.82) is 0 Å². The summed E-state index contributed by atoms with van der Waals surface area (Å²) in [6.45, 7) is 3.08. The van der Waals surface area contributed by atoms with Crippen LogP contribution >= 0.6 is 0 Å². The Morgan fingerprint density at radius 1 is 0.867 bits per heavy atom. The normalized spacial score (nSPS) is 24.6. The van der Waals surface area contributed by atoms with Crippen LogP contribution in [0, 0.1) is 11.2 Å². The SMILES string of the molecule is O=C1CC2(CCc3ccccc3C2)C(=O)N1CN1CCN(c2ccccc2F)CC1. The van der Waals surface area contributed by atoms with Gasteiger partial charge in [0, 0.05) is 32.6 Å². The number of hydrogen-bond acceptors (Lipinski definition) is 4. The van der Waals surface area contributed by atoms with Gasteiger partial charge >= 0.3 is 0 Å². The van der Waals surface area contributed by atoms with E-state index in [1.54, 1.807) is 12.1 Å². The van der Waals surface area contributed by atoms with Gasteiger partial charge in [-0.2, -0.15) is 0 Å². The van der Waals surface area contributed by atoms with E-state index in [9.17, 15) is 14.0 Å². The first-order chi connectivity index (χ1) is 14.6. The topological polar surface area (TPSA) is 43.9 Å². The maximum absolute atomic E-state index is 14.1. The van der Waals surface area contributed by atoms with E-state index >= 15 is 0 Å². The molecule has 5 rings (SSSR count). The van der Waals surface area contributed by atoms with Crippen LogP contribution in [0.5, 0.6) is 0 Å². The molecule has 0 aromatic heterocycles. The number of likely N-dealkylation sites (tertiary alicyclic amines) is 1. The summed E-state index contributed by atoms with van der Waals surface area (Å²) in [5.74, 6) is -0.287. The minimum atomic E-state index is -0.569. The molecule has 1 aliphatic carbocycles. The number of amides is 2. The summed E-state index contributed by atoms with van der Waals surface area (Å²) >= 11 is 0. The number of rotatable bonds is 3. The molecule has 0 saturated carbocycles. The Balaban J connectivity index is 1.24. The first-order valence-electron chi connectivity index (χ1n) is 10.7. The van der Waals surface area contributed by atoms with Gasteiger partial charge in [-0.3, -0.25) is 19.4 Å². The van der Waals surface area contributed by atoms with Gasteiger partial charge in [-0.1, -0.05) is 36.4 Å². The second-order valence-corrected chi connectivity index (χ2v) is 8.73. The minimum absolute atomic E-state index is 0.0152. The van der Waals surface area contributed by atoms with E-state index in [2.05, 4.69) is 17.0 Å². The second-order valence-electron chi connectivity index (χ2n) is 8.73. The number of aryl methyl sites for hydroxylation is 1. The maximum atomic E-state index is 14.1. The Morgan fingerprint density at radius 2 is 1.57 bits per heavy atom. The lowest BCUT2D eigenvalue weighted by atomic mass is 9.70. The molecule has 0 radical (unpaired) electrons. The zero-order valence-corrected chi connectivity index (χ0v) is 17.0. The number of carbonyl (C=O) groups excluding carboxylic acids is 2. The summed E-state index contributed by atoms with van der Waals surface area (Å²) in [6, 6.07) is 15.0. The third-order valence-electron chi connectivity index (χ3n) is 6.92. The molecule has 1 atom stereocenters. The second kappa shape index (κ2) is 7.51. The molecule has 5 nitrogen and oxygen atoms in total. The Labute approximate surface area is 176 Å². The van der Waals surface area contributed by atoms with E-state index in [4.69, 9.17) is 0 Å². The summed E-state index contributed by atoms with van der Waals surface area (Å²) in [4.78, 5) is 31.7. The zero-order chi connectivity index (χ0) is 20.7. The predicted octanol–water partition coefficient (Wildman–Crippen LogP) is 2.84. The van der Waals surface area contributed by atoms with Gasteiger partial charge in [0.2, 0.25) is 11.8 Å². The molecule has 3 aliphatic rings. The van der Waals surface area contributed by atoms with Crippen molar-refractivity contribution in [1.82, 2.24) is 9.80 Å². The van der Waals surface area contributed by atoms with Crippen LogP contribution < -0.4 is 4.90 Å². The summed E-state index contributed by atoms with van der Waals surface area (Å²) < 4.78 is 14.1. The lowest BCUT2D eigenvalue weighted by Gasteiger charge is -2.38. The van der Waals surface area contributed by atoms with Gasteiger partial charge in [-0.15, -0.1) is 0 Å². The van der Waals surface area contributed by atoms with Crippen molar-refractivity contribution in [2.45, 2.75) is 25.7 Å². The fraction of sp³-hybridized carbons (Fsp3) is 0.417. The Hall–Kier alpha value is -2.73. The number of para-hydroxylation sites is 1. The average molecular weight is 407 g/mol. The van der Waals surface area contributed by atoms with Crippen molar-refractivity contribution < 1.29 is 14.0 Å². The Kier molecular flexibility index (Phi) is 4.82. The summed E-state index contributed by atoms with van der Waals surface area (Å²) in [7, 11) is 0. The third-order valence-corrected chi connectivity index (χ3v) is 6.92. The van der Waals surface area contributed by atoms with E-state index in [-0.39, 0.29) is 17.6 Å². The molecular formula is C24H26FN3O2. The highest BCUT2D eigenvalue weighted by atomic mass is 19.1. The quantitative estimate of drug-likeness (QED) is 0.734. The number of halogens is 1. The number of nitrogens with zero attached hydrogens (tertiary/aromatic N) is 3. The molecule has 30 heavy (non-hydrogen) atoms. The largest absolute Gasteiger partial charge is 0.367 e. The molecule has 0 bridgehead atoms. The van der Waals surface area contributed by atoms with E-state index < -0.39 is 5.41 Å². The van der Waals surface area contributed by atoms with Crippen LogP contribution in [0.4, 0.5) is 10.1 Å². The van der Waals surface area contributed by atoms with Crippen molar-refractivity contribution in [3.8, 4) is 0 Å². The molecule has 156 valence electrons. The highest BCUT2D eigenvalue weighted by molar-refractivity contribution is 6.06. The van der Waals surface area contributed by atoms with Crippen LogP contribution in [-0.2, 0) is 22.4 Å². The van der Waals surface area contributed by atoms with Crippen LogP contribution in [0.1, 0.15) is 24.0 Å². The molecule has 2 saturated heterocycles. The lowest BCUT2D eigenvalue weighted by Crippen LogP contribution is -2.52. The molecule has 0 N–H and O–H groups in total. The van der Waals surface area contributed by atoms with Crippen LogP contribution in [0.15, 0.2) is 48.5 Å². The van der Waals surface area contributed by atoms with Gasteiger partial charge in [0.25, 0.3) is 0 Å². The van der Waals surface area contributed by atoms with E-state index in [1.807, 2.05) is 23.1 Å². The van der Waals surface area contributed by atoms with Crippen molar-refractivity contribution in [2.24, 2.45) is 5.41 Å². The number of anilines is 1. The van der Waals surface area contributed by atoms with Crippen molar-refractivity contribution >= 4 is 17.5 Å². The molecule has 1 spiro atoms. The number of imide groups is 1. The average Bonchev–Trinajstić information content (AvgIpc) is 2.98. The van der Waals surface area contributed by atoms with E-state index in [0.717, 1.165) is 12.8 Å². The molecule has 2 amide bonds. The number of fused-ring (bicyclic) bond motifs is 1. The molecule has 2 aromatic carbocycles. The summed E-state index contributed by atoms with van der Waals surface area (Å²) in [5.41, 5.74) is 2.54. The van der Waals surface area contributed by atoms with Gasteiger partial charge in [-0.25, -0.2) is 4.39 Å². The fourth-order valence-corrected chi connectivity index (χ4v) is 5.18. The Morgan fingerprint density at radius 3 is 2.33 bits per heavy atom. The van der Waals surface area contributed by atoms with Gasteiger partial charge < -0.3 is 4.90 Å². The van der Waals surface area contributed by atoms with E-state index in [1.165, 1.54) is 22.1 Å². The van der Waals surface area contributed by atoms with Gasteiger partial charge in [0.1, 0.15) is 5.82 Å². The van der Waals surface area contributed by atoms with Crippen LogP contribution in [0.25, 0.3) is 0 Å². The summed E-state index contributed by atoms with van der Waals surface area (Å²) in [6.07, 6.45) is 2.57. The molecule has 2 fully saturated rings. The molecule has 2 aromatic rings. The molecule has 1 unspecified atom stereocenters. The minimum Gasteiger partial charge on any atom is -0.367 e. The van der Waals surface area contributed by atoms with E-state index in [0.29, 0.717) is 51.4 Å². The number of piperazine rings is 1. The van der Waals surface area contributed by atoms with Crippen LogP contribution in [0.2, 0.25) is 0 Å². The molecule has 6 heteroatoms. The number of hydrogen-bond donors (Lipinski definition) is 0. The van der Waals surface area contributed by atoms with Gasteiger partial charge in [0.15, 0.2) is 0 Å². The predicted molar refractivity (Wildman–Crippen MR) is 112 cm³/mol. The lowest BCUT2D eigenvalue weighted by molar-refractivity contribution is -0.144. The fourth-order valence-electron chi connectivity index (χ4n) is 5.18. The highest BCUT2D eigenvalue weighted by Crippen LogP contribution is 2.44. The maximum Gasteiger partial charge on any atom is 0.237 e. The standard InChI is InChI=1S/C24H26FN3O2/c25-20-7-3-4-8-21(20)27-13-11-26(12-14-27)17-28-22(29)16-24(23(28)30)10-9-18-5-1-2-6-19(18)15-24/h1-8H,9-17H2. The third kappa shape index (κ3) is 3.29. The zero-order valence-electron chi connectivity index (χ0n) is 17.0. The molecular weight excluding hydrogens is 381 g/mol. The smallest absolute Gasteiger partial charge is 0.237 e. The first kappa shape index (κ1) is 19.2. The monoisotopic (exact) mass is 407 g/mol. The van der Waals surface area contributed by atoms with Crippen molar-refractivity contribution in [3.05, 3.63) is 65.5 Å². The van der Waals surface area contributed by atoms with Gasteiger partial charge in [-0.05, 0) is 42.5 Å². The van der Waals surface area contributed by atoms with Gasteiger partial charge in [0.05, 0.1) is 17.8 Å². The van der Waals surface area contributed by atoms with Crippen molar-refractivity contribution in [3.63, 3.8) is 0 Å². The summed E-state index contributed by atoms with van der Waals surface area (Å²) in [5, 5.41) is 0.